The Morgan fingerprint density at radius 3 is 2.42 bits per heavy atom. The van der Waals surface area contributed by atoms with Crippen LogP contribution in [0.4, 0.5) is 15.8 Å². The van der Waals surface area contributed by atoms with Crippen LogP contribution < -0.4 is 10.2 Å². The van der Waals surface area contributed by atoms with E-state index in [4.69, 9.17) is 4.42 Å². The largest absolute Gasteiger partial charge is 0.421 e. The van der Waals surface area contributed by atoms with E-state index in [0.29, 0.717) is 23.8 Å². The first-order valence-electron chi connectivity index (χ1n) is 8.17. The summed E-state index contributed by atoms with van der Waals surface area (Å²) >= 11 is 0. The SMILES string of the molecule is CN(C)c1ccc(NC(=O)CCc2nnc(-c3ccc(F)cc3)o2)cc1. The number of carbonyl (C=O) groups is 1. The van der Waals surface area contributed by atoms with Crippen LogP contribution in [-0.4, -0.2) is 30.2 Å². The Hall–Kier alpha value is -3.22. The summed E-state index contributed by atoms with van der Waals surface area (Å²) in [5.74, 6) is 0.204. The van der Waals surface area contributed by atoms with Gasteiger partial charge in [-0.25, -0.2) is 4.39 Å². The molecule has 0 bridgehead atoms. The molecule has 0 atom stereocenters. The summed E-state index contributed by atoms with van der Waals surface area (Å²) in [6.45, 7) is 0. The molecule has 2 aromatic carbocycles. The van der Waals surface area contributed by atoms with Gasteiger partial charge in [-0.15, -0.1) is 10.2 Å². The Labute approximate surface area is 150 Å². The van der Waals surface area contributed by atoms with E-state index in [1.54, 1.807) is 12.1 Å². The fourth-order valence-corrected chi connectivity index (χ4v) is 2.35. The molecule has 0 fully saturated rings. The molecular weight excluding hydrogens is 335 g/mol. The number of aryl methyl sites for hydroxylation is 1. The third kappa shape index (κ3) is 4.44. The van der Waals surface area contributed by atoms with E-state index in [1.165, 1.54) is 12.1 Å². The Kier molecular flexibility index (Phi) is 5.26. The molecule has 3 rings (SSSR count). The van der Waals surface area contributed by atoms with E-state index < -0.39 is 0 Å². The zero-order valence-electron chi connectivity index (χ0n) is 14.6. The van der Waals surface area contributed by atoms with E-state index in [2.05, 4.69) is 15.5 Å². The summed E-state index contributed by atoms with van der Waals surface area (Å²) in [5, 5.41) is 10.7. The number of nitrogens with zero attached hydrogens (tertiary/aromatic N) is 3. The van der Waals surface area contributed by atoms with Crippen LogP contribution in [0.2, 0.25) is 0 Å². The number of anilines is 2. The van der Waals surface area contributed by atoms with Gasteiger partial charge in [0, 0.05) is 43.9 Å². The highest BCUT2D eigenvalue weighted by Crippen LogP contribution is 2.19. The number of rotatable bonds is 6. The van der Waals surface area contributed by atoms with E-state index >= 15 is 0 Å². The molecule has 0 aliphatic carbocycles. The number of amides is 1. The molecule has 26 heavy (non-hydrogen) atoms. The van der Waals surface area contributed by atoms with Crippen LogP contribution in [0.1, 0.15) is 12.3 Å². The minimum Gasteiger partial charge on any atom is -0.421 e. The molecule has 1 amide bonds. The van der Waals surface area contributed by atoms with Crippen molar-refractivity contribution < 1.29 is 13.6 Å². The Morgan fingerprint density at radius 1 is 1.08 bits per heavy atom. The molecule has 0 unspecified atom stereocenters. The minimum atomic E-state index is -0.330. The molecule has 7 heteroatoms. The highest BCUT2D eigenvalue weighted by atomic mass is 19.1. The van der Waals surface area contributed by atoms with Crippen LogP contribution in [-0.2, 0) is 11.2 Å². The van der Waals surface area contributed by atoms with Crippen molar-refractivity contribution >= 4 is 17.3 Å². The van der Waals surface area contributed by atoms with Gasteiger partial charge in [0.1, 0.15) is 5.82 Å². The van der Waals surface area contributed by atoms with Crippen LogP contribution in [0, 0.1) is 5.82 Å². The number of carbonyl (C=O) groups excluding carboxylic acids is 1. The molecule has 0 aliphatic heterocycles. The van der Waals surface area contributed by atoms with Crippen molar-refractivity contribution in [2.24, 2.45) is 0 Å². The topological polar surface area (TPSA) is 71.3 Å². The lowest BCUT2D eigenvalue weighted by molar-refractivity contribution is -0.116. The highest BCUT2D eigenvalue weighted by molar-refractivity contribution is 5.90. The molecular formula is C19H19FN4O2. The zero-order valence-corrected chi connectivity index (χ0v) is 14.6. The lowest BCUT2D eigenvalue weighted by Crippen LogP contribution is -2.13. The molecule has 0 spiro atoms. The van der Waals surface area contributed by atoms with E-state index in [1.807, 2.05) is 43.3 Å². The van der Waals surface area contributed by atoms with E-state index in [-0.39, 0.29) is 18.1 Å². The van der Waals surface area contributed by atoms with Gasteiger partial charge >= 0.3 is 0 Å². The predicted octanol–water partition coefficient (Wildman–Crippen LogP) is 3.51. The Bertz CT molecular complexity index is 873. The second kappa shape index (κ2) is 7.77. The van der Waals surface area contributed by atoms with E-state index in [9.17, 15) is 9.18 Å². The van der Waals surface area contributed by atoms with Gasteiger partial charge in [-0.1, -0.05) is 0 Å². The fourth-order valence-electron chi connectivity index (χ4n) is 2.35. The number of benzene rings is 2. The van der Waals surface area contributed by atoms with Gasteiger partial charge < -0.3 is 14.6 Å². The van der Waals surface area contributed by atoms with Crippen LogP contribution in [0.5, 0.6) is 0 Å². The molecule has 134 valence electrons. The van der Waals surface area contributed by atoms with Crippen LogP contribution in [0.3, 0.4) is 0 Å². The van der Waals surface area contributed by atoms with Crippen molar-refractivity contribution in [2.75, 3.05) is 24.3 Å². The maximum atomic E-state index is 12.9. The molecule has 0 aliphatic rings. The smallest absolute Gasteiger partial charge is 0.247 e. The lowest BCUT2D eigenvalue weighted by atomic mass is 10.2. The molecule has 3 aromatic rings. The minimum absolute atomic E-state index is 0.135. The summed E-state index contributed by atoms with van der Waals surface area (Å²) in [6.07, 6.45) is 0.552. The molecule has 0 saturated heterocycles. The van der Waals surface area contributed by atoms with Gasteiger partial charge in [0.05, 0.1) is 0 Å². The highest BCUT2D eigenvalue weighted by Gasteiger charge is 2.11. The van der Waals surface area contributed by atoms with Gasteiger partial charge in [0.25, 0.3) is 0 Å². The van der Waals surface area contributed by atoms with Gasteiger partial charge in [0.15, 0.2) is 0 Å². The standard InChI is InChI=1S/C19H19FN4O2/c1-24(2)16-9-7-15(8-10-16)21-17(25)11-12-18-22-23-19(26-18)13-3-5-14(20)6-4-13/h3-10H,11-12H2,1-2H3,(H,21,25). The number of hydrogen-bond acceptors (Lipinski definition) is 5. The number of hydrogen-bond donors (Lipinski definition) is 1. The summed E-state index contributed by atoms with van der Waals surface area (Å²) in [7, 11) is 3.91. The molecule has 0 radical (unpaired) electrons. The first kappa shape index (κ1) is 17.6. The second-order valence-corrected chi connectivity index (χ2v) is 6.00. The molecule has 0 saturated carbocycles. The second-order valence-electron chi connectivity index (χ2n) is 6.00. The average Bonchev–Trinajstić information content (AvgIpc) is 3.10. The van der Waals surface area contributed by atoms with Crippen LogP contribution in [0.15, 0.2) is 52.9 Å². The lowest BCUT2D eigenvalue weighted by Gasteiger charge is -2.12. The normalized spacial score (nSPS) is 10.6. The van der Waals surface area contributed by atoms with Crippen molar-refractivity contribution in [1.29, 1.82) is 0 Å². The molecule has 1 heterocycles. The summed E-state index contributed by atoms with van der Waals surface area (Å²) in [5.41, 5.74) is 2.43. The molecule has 1 N–H and O–H groups in total. The van der Waals surface area contributed by atoms with Crippen molar-refractivity contribution in [1.82, 2.24) is 10.2 Å². The summed E-state index contributed by atoms with van der Waals surface area (Å²) in [4.78, 5) is 14.1. The van der Waals surface area contributed by atoms with Crippen LogP contribution in [0.25, 0.3) is 11.5 Å². The van der Waals surface area contributed by atoms with Crippen molar-refractivity contribution in [2.45, 2.75) is 12.8 Å². The van der Waals surface area contributed by atoms with Gasteiger partial charge in [-0.3, -0.25) is 4.79 Å². The molecule has 1 aromatic heterocycles. The average molecular weight is 354 g/mol. The van der Waals surface area contributed by atoms with E-state index in [0.717, 1.165) is 11.4 Å². The maximum absolute atomic E-state index is 12.9. The molecule has 6 nitrogen and oxygen atoms in total. The van der Waals surface area contributed by atoms with Gasteiger partial charge in [-0.05, 0) is 48.5 Å². The summed E-state index contributed by atoms with van der Waals surface area (Å²) < 4.78 is 18.5. The maximum Gasteiger partial charge on any atom is 0.247 e. The van der Waals surface area contributed by atoms with Crippen molar-refractivity contribution in [3.63, 3.8) is 0 Å². The Balaban J connectivity index is 1.54. The number of aromatic nitrogens is 2. The quantitative estimate of drug-likeness (QED) is 0.733. The first-order valence-corrected chi connectivity index (χ1v) is 8.17. The third-order valence-electron chi connectivity index (χ3n) is 3.79. The third-order valence-corrected chi connectivity index (χ3v) is 3.79. The number of halogens is 1. The van der Waals surface area contributed by atoms with Crippen molar-refractivity contribution in [3.05, 3.63) is 60.2 Å². The monoisotopic (exact) mass is 354 g/mol. The van der Waals surface area contributed by atoms with Crippen LogP contribution >= 0.6 is 0 Å². The summed E-state index contributed by atoms with van der Waals surface area (Å²) in [6, 6.07) is 13.4. The number of nitrogens with one attached hydrogen (secondary N) is 1. The zero-order chi connectivity index (χ0) is 18.5. The van der Waals surface area contributed by atoms with Gasteiger partial charge in [-0.2, -0.15) is 0 Å². The fraction of sp³-hybridized carbons (Fsp3) is 0.211. The Morgan fingerprint density at radius 2 is 1.77 bits per heavy atom. The predicted molar refractivity (Wildman–Crippen MR) is 97.4 cm³/mol. The van der Waals surface area contributed by atoms with Crippen molar-refractivity contribution in [3.8, 4) is 11.5 Å². The van der Waals surface area contributed by atoms with Gasteiger partial charge in [0.2, 0.25) is 17.7 Å². The first-order chi connectivity index (χ1) is 12.5.